The van der Waals surface area contributed by atoms with Crippen molar-refractivity contribution >= 4 is 26.0 Å². The number of nitrogens with two attached hydrogens (primary N) is 1. The lowest BCUT2D eigenvalue weighted by atomic mass is 10.1. The van der Waals surface area contributed by atoms with E-state index in [1.807, 2.05) is 0 Å². The van der Waals surface area contributed by atoms with Gasteiger partial charge in [0.15, 0.2) is 0 Å². The highest BCUT2D eigenvalue weighted by atomic mass is 79.9. The van der Waals surface area contributed by atoms with Crippen LogP contribution in [0.15, 0.2) is 10.7 Å². The summed E-state index contributed by atoms with van der Waals surface area (Å²) in [6.07, 6.45) is 1.96. The molecule has 1 aromatic heterocycles. The SMILES string of the molecule is Cn1ncc(Br)c1CC(C)(C)S(N)(=O)=O. The molecule has 1 heterocycles. The van der Waals surface area contributed by atoms with Gasteiger partial charge in [0.1, 0.15) is 0 Å². The van der Waals surface area contributed by atoms with E-state index in [0.29, 0.717) is 6.42 Å². The van der Waals surface area contributed by atoms with Gasteiger partial charge in [0.05, 0.1) is 21.1 Å². The molecule has 0 amide bonds. The summed E-state index contributed by atoms with van der Waals surface area (Å²) < 4.78 is 24.1. The number of hydrogen-bond donors (Lipinski definition) is 1. The molecule has 0 fully saturated rings. The van der Waals surface area contributed by atoms with Crippen molar-refractivity contribution in [3.8, 4) is 0 Å². The lowest BCUT2D eigenvalue weighted by Crippen LogP contribution is -2.40. The molecule has 0 spiro atoms. The summed E-state index contributed by atoms with van der Waals surface area (Å²) in [6, 6.07) is 0. The Morgan fingerprint density at radius 3 is 2.47 bits per heavy atom. The number of aromatic nitrogens is 2. The van der Waals surface area contributed by atoms with E-state index in [1.54, 1.807) is 31.8 Å². The number of rotatable bonds is 3. The fraction of sp³-hybridized carbons (Fsp3) is 0.625. The van der Waals surface area contributed by atoms with Crippen molar-refractivity contribution in [2.75, 3.05) is 0 Å². The Hall–Kier alpha value is -0.400. The van der Waals surface area contributed by atoms with Gasteiger partial charge in [-0.15, -0.1) is 0 Å². The van der Waals surface area contributed by atoms with E-state index in [0.717, 1.165) is 10.2 Å². The molecule has 7 heteroatoms. The minimum atomic E-state index is -3.57. The second-order valence-corrected chi connectivity index (χ2v) is 7.09. The summed E-state index contributed by atoms with van der Waals surface area (Å²) >= 11 is 3.32. The number of hydrogen-bond acceptors (Lipinski definition) is 3. The highest BCUT2D eigenvalue weighted by molar-refractivity contribution is 9.10. The molecule has 0 aliphatic rings. The average molecular weight is 296 g/mol. The zero-order valence-corrected chi connectivity index (χ0v) is 11.3. The molecule has 0 aliphatic heterocycles. The molecule has 1 rings (SSSR count). The third-order valence-corrected chi connectivity index (χ3v) is 4.72. The zero-order valence-electron chi connectivity index (χ0n) is 8.86. The maximum atomic E-state index is 11.3. The molecule has 0 radical (unpaired) electrons. The van der Waals surface area contributed by atoms with E-state index in [2.05, 4.69) is 21.0 Å². The first-order valence-corrected chi connectivity index (χ1v) is 6.68. The first-order valence-electron chi connectivity index (χ1n) is 4.34. The lowest BCUT2D eigenvalue weighted by molar-refractivity contribution is 0.535. The summed E-state index contributed by atoms with van der Waals surface area (Å²) in [5.74, 6) is 0. The van der Waals surface area contributed by atoms with Crippen LogP contribution in [0.2, 0.25) is 0 Å². The third-order valence-electron chi connectivity index (χ3n) is 2.37. The minimum Gasteiger partial charge on any atom is -0.271 e. The molecule has 0 unspecified atom stereocenters. The van der Waals surface area contributed by atoms with Gasteiger partial charge in [-0.05, 0) is 29.8 Å². The van der Waals surface area contributed by atoms with Crippen LogP contribution in [0.5, 0.6) is 0 Å². The summed E-state index contributed by atoms with van der Waals surface area (Å²) in [4.78, 5) is 0. The Kier molecular flexibility index (Phi) is 3.27. The zero-order chi connectivity index (χ0) is 11.9. The Labute approximate surface area is 97.8 Å². The molecule has 1 aromatic rings. The van der Waals surface area contributed by atoms with E-state index in [9.17, 15) is 8.42 Å². The van der Waals surface area contributed by atoms with Gasteiger partial charge in [-0.2, -0.15) is 5.10 Å². The molecule has 15 heavy (non-hydrogen) atoms. The molecule has 0 bridgehead atoms. The van der Waals surface area contributed by atoms with Crippen molar-refractivity contribution in [2.45, 2.75) is 25.0 Å². The average Bonchev–Trinajstić information content (AvgIpc) is 2.33. The normalized spacial score (nSPS) is 13.1. The van der Waals surface area contributed by atoms with Crippen LogP contribution >= 0.6 is 15.9 Å². The van der Waals surface area contributed by atoms with Crippen LogP contribution in [0.1, 0.15) is 19.5 Å². The third kappa shape index (κ3) is 2.59. The van der Waals surface area contributed by atoms with Crippen molar-refractivity contribution in [3.63, 3.8) is 0 Å². The molecule has 86 valence electrons. The van der Waals surface area contributed by atoms with Crippen LogP contribution in [-0.4, -0.2) is 22.9 Å². The Balaban J connectivity index is 3.07. The van der Waals surface area contributed by atoms with Crippen molar-refractivity contribution in [3.05, 3.63) is 16.4 Å². The highest BCUT2D eigenvalue weighted by Gasteiger charge is 2.33. The molecule has 5 nitrogen and oxygen atoms in total. The summed E-state index contributed by atoms with van der Waals surface area (Å²) in [5.41, 5.74) is 0.814. The monoisotopic (exact) mass is 295 g/mol. The van der Waals surface area contributed by atoms with E-state index >= 15 is 0 Å². The van der Waals surface area contributed by atoms with Gasteiger partial charge >= 0.3 is 0 Å². The van der Waals surface area contributed by atoms with Gasteiger partial charge in [-0.1, -0.05) is 0 Å². The summed E-state index contributed by atoms with van der Waals surface area (Å²) in [7, 11) is -1.81. The van der Waals surface area contributed by atoms with Crippen LogP contribution in [-0.2, 0) is 23.5 Å². The predicted molar refractivity (Wildman–Crippen MR) is 61.8 cm³/mol. The maximum absolute atomic E-state index is 11.3. The van der Waals surface area contributed by atoms with Crippen LogP contribution in [0.4, 0.5) is 0 Å². The molecule has 0 aromatic carbocycles. The van der Waals surface area contributed by atoms with Gasteiger partial charge in [0, 0.05) is 13.5 Å². The van der Waals surface area contributed by atoms with E-state index in [4.69, 9.17) is 5.14 Å². The van der Waals surface area contributed by atoms with Crippen molar-refractivity contribution in [2.24, 2.45) is 12.2 Å². The van der Waals surface area contributed by atoms with Gasteiger partial charge in [-0.3, -0.25) is 4.68 Å². The van der Waals surface area contributed by atoms with Crippen molar-refractivity contribution in [1.82, 2.24) is 9.78 Å². The molecule has 2 N–H and O–H groups in total. The first kappa shape index (κ1) is 12.7. The number of aryl methyl sites for hydroxylation is 1. The molecular formula is C8H14BrN3O2S. The minimum absolute atomic E-state index is 0.322. The molecule has 0 atom stereocenters. The fourth-order valence-corrected chi connectivity index (χ4v) is 1.97. The highest BCUT2D eigenvalue weighted by Crippen LogP contribution is 2.24. The largest absolute Gasteiger partial charge is 0.271 e. The first-order chi connectivity index (χ1) is 6.65. The number of halogens is 1. The topological polar surface area (TPSA) is 78.0 Å². The number of nitrogens with zero attached hydrogens (tertiary/aromatic N) is 2. The second-order valence-electron chi connectivity index (χ2n) is 4.04. The molecule has 0 saturated heterocycles. The summed E-state index contributed by atoms with van der Waals surface area (Å²) in [5, 5.41) is 9.17. The van der Waals surface area contributed by atoms with Crippen molar-refractivity contribution in [1.29, 1.82) is 0 Å². The van der Waals surface area contributed by atoms with Crippen molar-refractivity contribution < 1.29 is 8.42 Å². The molecule has 0 saturated carbocycles. The lowest BCUT2D eigenvalue weighted by Gasteiger charge is -2.21. The van der Waals surface area contributed by atoms with Crippen LogP contribution in [0.3, 0.4) is 0 Å². The Bertz CT molecular complexity index is 445. The van der Waals surface area contributed by atoms with Gasteiger partial charge in [0.2, 0.25) is 10.0 Å². The van der Waals surface area contributed by atoms with Gasteiger partial charge in [0.25, 0.3) is 0 Å². The van der Waals surface area contributed by atoms with Gasteiger partial charge < -0.3 is 0 Å². The van der Waals surface area contributed by atoms with Crippen LogP contribution in [0.25, 0.3) is 0 Å². The quantitative estimate of drug-likeness (QED) is 0.896. The molecule has 0 aliphatic carbocycles. The smallest absolute Gasteiger partial charge is 0.214 e. The maximum Gasteiger partial charge on any atom is 0.214 e. The summed E-state index contributed by atoms with van der Waals surface area (Å²) in [6.45, 7) is 3.20. The van der Waals surface area contributed by atoms with E-state index in [-0.39, 0.29) is 0 Å². The fourth-order valence-electron chi connectivity index (χ4n) is 1.14. The molecular weight excluding hydrogens is 282 g/mol. The van der Waals surface area contributed by atoms with E-state index in [1.165, 1.54) is 0 Å². The predicted octanol–water partition coefficient (Wildman–Crippen LogP) is 0.792. The Morgan fingerprint density at radius 1 is 1.60 bits per heavy atom. The number of primary sulfonamides is 1. The number of sulfonamides is 1. The Morgan fingerprint density at radius 2 is 2.13 bits per heavy atom. The van der Waals surface area contributed by atoms with Crippen LogP contribution in [0, 0.1) is 0 Å². The standard InChI is InChI=1S/C8H14BrN3O2S/c1-8(2,15(10,13)14)4-7-6(9)5-11-12(7)3/h5H,4H2,1-3H3,(H2,10,13,14). The van der Waals surface area contributed by atoms with Crippen LogP contribution < -0.4 is 5.14 Å². The van der Waals surface area contributed by atoms with Gasteiger partial charge in [-0.25, -0.2) is 13.6 Å². The second kappa shape index (κ2) is 3.88. The van der Waals surface area contributed by atoms with E-state index < -0.39 is 14.8 Å².